The smallest absolute Gasteiger partial charge is 0.265 e. The third kappa shape index (κ3) is 2.27. The molecule has 3 heterocycles. The Morgan fingerprint density at radius 2 is 1.88 bits per heavy atom. The van der Waals surface area contributed by atoms with Crippen molar-refractivity contribution >= 4 is 33.2 Å². The highest BCUT2D eigenvalue weighted by Crippen LogP contribution is 2.20. The summed E-state index contributed by atoms with van der Waals surface area (Å²) in [6, 6.07) is 15.1. The summed E-state index contributed by atoms with van der Waals surface area (Å²) in [5, 5.41) is 8.63. The van der Waals surface area contributed by atoms with Crippen molar-refractivity contribution in [2.45, 2.75) is 6.04 Å². The number of pyridine rings is 1. The van der Waals surface area contributed by atoms with Crippen LogP contribution in [-0.2, 0) is 0 Å². The standard InChI is InChI=1S/C20H16N4O2/c25-19(22-14-10-21-11-14)15-6-3-7-24-18(15)23-17-9-13-5-2-1-4-12(13)8-16(17)20(24)26/h1-9,14,21H,10-11H2,(H,22,25). The van der Waals surface area contributed by atoms with E-state index in [1.54, 1.807) is 18.3 Å². The summed E-state index contributed by atoms with van der Waals surface area (Å²) in [6.07, 6.45) is 1.65. The minimum Gasteiger partial charge on any atom is -0.347 e. The van der Waals surface area contributed by atoms with Crippen LogP contribution >= 0.6 is 0 Å². The molecule has 2 aromatic carbocycles. The van der Waals surface area contributed by atoms with Gasteiger partial charge in [0.2, 0.25) is 0 Å². The Morgan fingerprint density at radius 1 is 1.12 bits per heavy atom. The first-order valence-corrected chi connectivity index (χ1v) is 8.56. The van der Waals surface area contributed by atoms with Gasteiger partial charge < -0.3 is 10.6 Å². The number of amides is 1. The van der Waals surface area contributed by atoms with E-state index in [0.717, 1.165) is 23.9 Å². The van der Waals surface area contributed by atoms with Crippen molar-refractivity contribution in [3.8, 4) is 0 Å². The van der Waals surface area contributed by atoms with E-state index in [0.29, 0.717) is 22.1 Å². The van der Waals surface area contributed by atoms with Crippen LogP contribution in [-0.4, -0.2) is 34.4 Å². The highest BCUT2D eigenvalue weighted by atomic mass is 16.2. The fourth-order valence-electron chi connectivity index (χ4n) is 3.35. The minimum atomic E-state index is -0.207. The van der Waals surface area contributed by atoms with Gasteiger partial charge in [0.25, 0.3) is 11.5 Å². The number of carbonyl (C=O) groups is 1. The lowest BCUT2D eigenvalue weighted by Gasteiger charge is -2.28. The van der Waals surface area contributed by atoms with Gasteiger partial charge in [0.1, 0.15) is 0 Å². The van der Waals surface area contributed by atoms with Crippen LogP contribution in [0.2, 0.25) is 0 Å². The van der Waals surface area contributed by atoms with E-state index in [9.17, 15) is 9.59 Å². The Bertz CT molecular complexity index is 1240. The number of hydrogen-bond donors (Lipinski definition) is 2. The average Bonchev–Trinajstić information content (AvgIpc) is 2.63. The Morgan fingerprint density at radius 3 is 2.62 bits per heavy atom. The number of aromatic nitrogens is 2. The minimum absolute atomic E-state index is 0.124. The third-order valence-corrected chi connectivity index (χ3v) is 4.87. The topological polar surface area (TPSA) is 75.5 Å². The molecule has 0 spiro atoms. The molecule has 1 saturated heterocycles. The predicted molar refractivity (Wildman–Crippen MR) is 101 cm³/mol. The molecule has 0 saturated carbocycles. The number of nitrogens with zero attached hydrogens (tertiary/aromatic N) is 2. The Kier molecular flexibility index (Phi) is 3.26. The highest BCUT2D eigenvalue weighted by molar-refractivity contribution is 6.02. The van der Waals surface area contributed by atoms with Crippen LogP contribution in [0.15, 0.2) is 59.5 Å². The van der Waals surface area contributed by atoms with E-state index >= 15 is 0 Å². The monoisotopic (exact) mass is 344 g/mol. The first-order valence-electron chi connectivity index (χ1n) is 8.56. The van der Waals surface area contributed by atoms with Crippen molar-refractivity contribution in [3.63, 3.8) is 0 Å². The highest BCUT2D eigenvalue weighted by Gasteiger charge is 2.21. The van der Waals surface area contributed by atoms with E-state index in [1.807, 2.05) is 36.4 Å². The molecule has 6 nitrogen and oxygen atoms in total. The predicted octanol–water partition coefficient (Wildman–Crippen LogP) is 1.70. The van der Waals surface area contributed by atoms with E-state index < -0.39 is 0 Å². The fraction of sp³-hybridized carbons (Fsp3) is 0.150. The van der Waals surface area contributed by atoms with Crippen molar-refractivity contribution in [1.29, 1.82) is 0 Å². The molecular formula is C20H16N4O2. The Balaban J connectivity index is 1.76. The molecule has 26 heavy (non-hydrogen) atoms. The van der Waals surface area contributed by atoms with Gasteiger partial charge in [0.05, 0.1) is 22.5 Å². The molecule has 2 N–H and O–H groups in total. The van der Waals surface area contributed by atoms with Gasteiger partial charge in [-0.2, -0.15) is 0 Å². The lowest BCUT2D eigenvalue weighted by molar-refractivity contribution is 0.0925. The molecule has 128 valence electrons. The van der Waals surface area contributed by atoms with Crippen molar-refractivity contribution in [1.82, 2.24) is 20.0 Å². The molecule has 1 fully saturated rings. The van der Waals surface area contributed by atoms with Crippen LogP contribution in [0.5, 0.6) is 0 Å². The number of hydrogen-bond acceptors (Lipinski definition) is 4. The normalized spacial score (nSPS) is 14.6. The Hall–Kier alpha value is -3.25. The summed E-state index contributed by atoms with van der Waals surface area (Å²) in [5.41, 5.74) is 1.21. The zero-order valence-electron chi connectivity index (χ0n) is 13.9. The molecular weight excluding hydrogens is 328 g/mol. The maximum absolute atomic E-state index is 13.0. The largest absolute Gasteiger partial charge is 0.347 e. The number of fused-ring (bicyclic) bond motifs is 3. The summed E-state index contributed by atoms with van der Waals surface area (Å²) < 4.78 is 1.45. The van der Waals surface area contributed by atoms with Crippen LogP contribution in [0.25, 0.3) is 27.3 Å². The van der Waals surface area contributed by atoms with Crippen molar-refractivity contribution in [2.24, 2.45) is 0 Å². The van der Waals surface area contributed by atoms with Gasteiger partial charge in [-0.15, -0.1) is 0 Å². The maximum Gasteiger partial charge on any atom is 0.265 e. The second-order valence-electron chi connectivity index (χ2n) is 6.58. The summed E-state index contributed by atoms with van der Waals surface area (Å²) in [4.78, 5) is 30.3. The van der Waals surface area contributed by atoms with Gasteiger partial charge in [-0.1, -0.05) is 24.3 Å². The lowest BCUT2D eigenvalue weighted by Crippen LogP contribution is -2.57. The quantitative estimate of drug-likeness (QED) is 0.543. The van der Waals surface area contributed by atoms with Gasteiger partial charge in [-0.3, -0.25) is 14.0 Å². The first-order chi connectivity index (χ1) is 12.7. The van der Waals surface area contributed by atoms with Gasteiger partial charge in [0, 0.05) is 19.3 Å². The second-order valence-corrected chi connectivity index (χ2v) is 6.58. The Labute approximate surface area is 148 Å². The summed E-state index contributed by atoms with van der Waals surface area (Å²) in [6.45, 7) is 1.53. The van der Waals surface area contributed by atoms with E-state index in [1.165, 1.54) is 4.40 Å². The SMILES string of the molecule is O=C(NC1CNC1)c1cccn2c(=O)c3cc4ccccc4cc3nc12. The molecule has 0 bridgehead atoms. The molecule has 6 heteroatoms. The fourth-order valence-corrected chi connectivity index (χ4v) is 3.35. The molecule has 0 unspecified atom stereocenters. The number of rotatable bonds is 2. The van der Waals surface area contributed by atoms with Crippen LogP contribution in [0, 0.1) is 0 Å². The van der Waals surface area contributed by atoms with Crippen LogP contribution in [0.1, 0.15) is 10.4 Å². The second kappa shape index (κ2) is 5.64. The number of nitrogens with one attached hydrogen (secondary N) is 2. The zero-order chi connectivity index (χ0) is 17.7. The molecule has 2 aromatic heterocycles. The van der Waals surface area contributed by atoms with E-state index in [2.05, 4.69) is 15.6 Å². The molecule has 1 amide bonds. The molecule has 0 radical (unpaired) electrons. The van der Waals surface area contributed by atoms with Crippen LogP contribution < -0.4 is 16.2 Å². The third-order valence-electron chi connectivity index (χ3n) is 4.87. The van der Waals surface area contributed by atoms with Crippen molar-refractivity contribution in [3.05, 3.63) is 70.6 Å². The van der Waals surface area contributed by atoms with Gasteiger partial charge >= 0.3 is 0 Å². The van der Waals surface area contributed by atoms with Gasteiger partial charge in [-0.25, -0.2) is 4.98 Å². The summed E-state index contributed by atoms with van der Waals surface area (Å²) >= 11 is 0. The van der Waals surface area contributed by atoms with E-state index in [-0.39, 0.29) is 17.5 Å². The summed E-state index contributed by atoms with van der Waals surface area (Å²) in [5.74, 6) is -0.207. The zero-order valence-corrected chi connectivity index (χ0v) is 13.9. The molecule has 4 aromatic rings. The number of benzene rings is 2. The van der Waals surface area contributed by atoms with Gasteiger partial charge in [0.15, 0.2) is 5.65 Å². The van der Waals surface area contributed by atoms with Crippen molar-refractivity contribution in [2.75, 3.05) is 13.1 Å². The van der Waals surface area contributed by atoms with Gasteiger partial charge in [-0.05, 0) is 35.0 Å². The molecule has 1 aliphatic heterocycles. The molecule has 0 aliphatic carbocycles. The first kappa shape index (κ1) is 15.0. The lowest BCUT2D eigenvalue weighted by atomic mass is 10.1. The number of carbonyl (C=O) groups excluding carboxylic acids is 1. The van der Waals surface area contributed by atoms with Crippen LogP contribution in [0.4, 0.5) is 0 Å². The summed E-state index contributed by atoms with van der Waals surface area (Å²) in [7, 11) is 0. The van der Waals surface area contributed by atoms with Crippen LogP contribution in [0.3, 0.4) is 0 Å². The molecule has 1 aliphatic rings. The molecule has 5 rings (SSSR count). The molecule has 0 atom stereocenters. The van der Waals surface area contributed by atoms with E-state index in [4.69, 9.17) is 0 Å². The maximum atomic E-state index is 13.0. The average molecular weight is 344 g/mol. The van der Waals surface area contributed by atoms with Crippen molar-refractivity contribution < 1.29 is 4.79 Å².